The van der Waals surface area contributed by atoms with Gasteiger partial charge in [-0.3, -0.25) is 9.69 Å². The van der Waals surface area contributed by atoms with Gasteiger partial charge >= 0.3 is 0 Å². The number of hydrogen-bond donors (Lipinski definition) is 0. The van der Waals surface area contributed by atoms with E-state index in [1.165, 1.54) is 35.9 Å². The van der Waals surface area contributed by atoms with Crippen LogP contribution in [0.25, 0.3) is 6.08 Å². The van der Waals surface area contributed by atoms with E-state index in [0.717, 1.165) is 25.1 Å². The molecule has 2 aromatic rings. The zero-order valence-electron chi connectivity index (χ0n) is 15.1. The number of rotatable bonds is 5. The summed E-state index contributed by atoms with van der Waals surface area (Å²) in [6.45, 7) is 2.90. The van der Waals surface area contributed by atoms with Crippen LogP contribution in [0.4, 0.5) is 5.69 Å². The Hall–Kier alpha value is -2.11. The molecule has 2 saturated heterocycles. The maximum Gasteiger partial charge on any atom is 0.266 e. The van der Waals surface area contributed by atoms with Crippen LogP contribution < -0.4 is 4.90 Å². The van der Waals surface area contributed by atoms with Gasteiger partial charge in [-0.05, 0) is 48.6 Å². The standard InChI is InChI=1S/C22H22N2OS2/c25-21-20(16-18-8-10-19(11-9-18)23-13-4-5-14-23)27-22(26)24(21)15-12-17-6-2-1-3-7-17/h1-3,6-11,16H,4-5,12-15H2/b20-16-. The number of hydrogen-bond acceptors (Lipinski definition) is 4. The third kappa shape index (κ3) is 4.25. The van der Waals surface area contributed by atoms with Gasteiger partial charge in [0.1, 0.15) is 4.32 Å². The van der Waals surface area contributed by atoms with Crippen LogP contribution in [0, 0.1) is 0 Å². The Morgan fingerprint density at radius 2 is 1.70 bits per heavy atom. The number of anilines is 1. The second-order valence-electron chi connectivity index (χ2n) is 6.85. The van der Waals surface area contributed by atoms with E-state index in [1.54, 1.807) is 4.90 Å². The van der Waals surface area contributed by atoms with Gasteiger partial charge in [0.15, 0.2) is 0 Å². The fourth-order valence-corrected chi connectivity index (χ4v) is 4.79. The van der Waals surface area contributed by atoms with Crippen LogP contribution in [-0.4, -0.2) is 34.8 Å². The number of amides is 1. The Balaban J connectivity index is 1.43. The highest BCUT2D eigenvalue weighted by Crippen LogP contribution is 2.33. The zero-order valence-corrected chi connectivity index (χ0v) is 16.8. The number of nitrogens with zero attached hydrogens (tertiary/aromatic N) is 2. The number of carbonyl (C=O) groups is 1. The lowest BCUT2D eigenvalue weighted by molar-refractivity contribution is -0.122. The van der Waals surface area contributed by atoms with Crippen molar-refractivity contribution in [1.29, 1.82) is 0 Å². The molecule has 4 rings (SSSR count). The highest BCUT2D eigenvalue weighted by molar-refractivity contribution is 8.26. The van der Waals surface area contributed by atoms with Gasteiger partial charge in [-0.15, -0.1) is 0 Å². The van der Waals surface area contributed by atoms with Gasteiger partial charge in [-0.2, -0.15) is 0 Å². The molecule has 27 heavy (non-hydrogen) atoms. The first-order chi connectivity index (χ1) is 13.2. The molecule has 0 aliphatic carbocycles. The van der Waals surface area contributed by atoms with E-state index in [0.29, 0.717) is 15.8 Å². The molecule has 0 spiro atoms. The molecule has 2 aliphatic rings. The summed E-state index contributed by atoms with van der Waals surface area (Å²) in [4.78, 5) is 17.6. The van der Waals surface area contributed by atoms with Gasteiger partial charge in [0, 0.05) is 25.3 Å². The van der Waals surface area contributed by atoms with Crippen LogP contribution in [0.1, 0.15) is 24.0 Å². The van der Waals surface area contributed by atoms with Crippen LogP contribution in [0.5, 0.6) is 0 Å². The van der Waals surface area contributed by atoms with Gasteiger partial charge < -0.3 is 4.90 Å². The Labute approximate surface area is 170 Å². The van der Waals surface area contributed by atoms with Crippen molar-refractivity contribution in [2.75, 3.05) is 24.5 Å². The van der Waals surface area contributed by atoms with E-state index >= 15 is 0 Å². The summed E-state index contributed by atoms with van der Waals surface area (Å²) >= 11 is 6.84. The van der Waals surface area contributed by atoms with Crippen molar-refractivity contribution in [3.8, 4) is 0 Å². The average molecular weight is 395 g/mol. The van der Waals surface area contributed by atoms with Crippen molar-refractivity contribution in [3.63, 3.8) is 0 Å². The second-order valence-corrected chi connectivity index (χ2v) is 8.53. The van der Waals surface area contributed by atoms with Gasteiger partial charge in [0.2, 0.25) is 0 Å². The van der Waals surface area contributed by atoms with Crippen LogP contribution in [-0.2, 0) is 11.2 Å². The smallest absolute Gasteiger partial charge is 0.266 e. The molecule has 2 heterocycles. The van der Waals surface area contributed by atoms with E-state index in [9.17, 15) is 4.79 Å². The lowest BCUT2D eigenvalue weighted by Gasteiger charge is -2.17. The van der Waals surface area contributed by atoms with Crippen molar-refractivity contribution in [2.24, 2.45) is 0 Å². The normalized spacial score (nSPS) is 18.7. The average Bonchev–Trinajstić information content (AvgIpc) is 3.31. The molecule has 3 nitrogen and oxygen atoms in total. The van der Waals surface area contributed by atoms with Gasteiger partial charge in [-0.1, -0.05) is 66.4 Å². The summed E-state index contributed by atoms with van der Waals surface area (Å²) in [5, 5.41) is 0. The van der Waals surface area contributed by atoms with E-state index in [-0.39, 0.29) is 5.91 Å². The van der Waals surface area contributed by atoms with Crippen molar-refractivity contribution in [3.05, 3.63) is 70.6 Å². The minimum absolute atomic E-state index is 0.0181. The number of thioether (sulfide) groups is 1. The zero-order chi connectivity index (χ0) is 18.6. The third-order valence-electron chi connectivity index (χ3n) is 5.00. The highest BCUT2D eigenvalue weighted by Gasteiger charge is 2.31. The molecule has 138 valence electrons. The summed E-state index contributed by atoms with van der Waals surface area (Å²) in [6.07, 6.45) is 5.31. The minimum Gasteiger partial charge on any atom is -0.372 e. The van der Waals surface area contributed by atoms with Crippen LogP contribution >= 0.6 is 24.0 Å². The minimum atomic E-state index is 0.0181. The summed E-state index contributed by atoms with van der Waals surface area (Å²) in [5.74, 6) is 0.0181. The molecule has 0 saturated carbocycles. The molecule has 2 aromatic carbocycles. The summed E-state index contributed by atoms with van der Waals surface area (Å²) in [6, 6.07) is 18.7. The lowest BCUT2D eigenvalue weighted by Crippen LogP contribution is -2.30. The number of thiocarbonyl (C=S) groups is 1. The molecule has 2 aliphatic heterocycles. The molecule has 0 atom stereocenters. The summed E-state index contributed by atoms with van der Waals surface area (Å²) in [7, 11) is 0. The molecular formula is C22H22N2OS2. The van der Waals surface area contributed by atoms with Crippen molar-refractivity contribution in [1.82, 2.24) is 4.90 Å². The van der Waals surface area contributed by atoms with Crippen LogP contribution in [0.15, 0.2) is 59.5 Å². The van der Waals surface area contributed by atoms with E-state index < -0.39 is 0 Å². The highest BCUT2D eigenvalue weighted by atomic mass is 32.2. The Morgan fingerprint density at radius 3 is 2.41 bits per heavy atom. The largest absolute Gasteiger partial charge is 0.372 e. The predicted octanol–water partition coefficient (Wildman–Crippen LogP) is 4.73. The second kappa shape index (κ2) is 8.28. The first-order valence-electron chi connectivity index (χ1n) is 9.35. The SMILES string of the molecule is O=C1/C(=C/c2ccc(N3CCCC3)cc2)SC(=S)N1CCc1ccccc1. The monoisotopic (exact) mass is 394 g/mol. The Morgan fingerprint density at radius 1 is 1.00 bits per heavy atom. The Bertz CT molecular complexity index is 856. The van der Waals surface area contributed by atoms with Gasteiger partial charge in [-0.25, -0.2) is 0 Å². The molecule has 0 aromatic heterocycles. The summed E-state index contributed by atoms with van der Waals surface area (Å²) in [5.41, 5.74) is 3.52. The quantitative estimate of drug-likeness (QED) is 0.540. The van der Waals surface area contributed by atoms with Gasteiger partial charge in [0.25, 0.3) is 5.91 Å². The van der Waals surface area contributed by atoms with E-state index in [2.05, 4.69) is 41.3 Å². The van der Waals surface area contributed by atoms with Gasteiger partial charge in [0.05, 0.1) is 4.91 Å². The maximum absolute atomic E-state index is 12.8. The topological polar surface area (TPSA) is 23.6 Å². The predicted molar refractivity (Wildman–Crippen MR) is 118 cm³/mol. The van der Waals surface area contributed by atoms with Crippen molar-refractivity contribution in [2.45, 2.75) is 19.3 Å². The third-order valence-corrected chi connectivity index (χ3v) is 6.38. The lowest BCUT2D eigenvalue weighted by atomic mass is 10.1. The van der Waals surface area contributed by atoms with Crippen LogP contribution in [0.3, 0.4) is 0 Å². The van der Waals surface area contributed by atoms with Crippen molar-refractivity contribution >= 4 is 46.0 Å². The fraction of sp³-hybridized carbons (Fsp3) is 0.273. The molecule has 2 fully saturated rings. The molecular weight excluding hydrogens is 372 g/mol. The molecule has 0 radical (unpaired) electrons. The van der Waals surface area contributed by atoms with Crippen molar-refractivity contribution < 1.29 is 4.79 Å². The first kappa shape index (κ1) is 18.3. The maximum atomic E-state index is 12.8. The van der Waals surface area contributed by atoms with E-state index in [1.807, 2.05) is 24.3 Å². The number of benzene rings is 2. The first-order valence-corrected chi connectivity index (χ1v) is 10.6. The molecule has 1 amide bonds. The molecule has 0 N–H and O–H groups in total. The number of carbonyl (C=O) groups excluding carboxylic acids is 1. The molecule has 0 bridgehead atoms. The Kier molecular flexibility index (Phi) is 5.60. The fourth-order valence-electron chi connectivity index (χ4n) is 3.49. The van der Waals surface area contributed by atoms with Crippen LogP contribution in [0.2, 0.25) is 0 Å². The molecule has 5 heteroatoms. The summed E-state index contributed by atoms with van der Waals surface area (Å²) < 4.78 is 0.649. The van der Waals surface area contributed by atoms with E-state index in [4.69, 9.17) is 12.2 Å². The molecule has 0 unspecified atom stereocenters.